The number of piperidine rings is 1. The summed E-state index contributed by atoms with van der Waals surface area (Å²) >= 11 is 0. The van der Waals surface area contributed by atoms with Gasteiger partial charge >= 0.3 is 12.1 Å². The Morgan fingerprint density at radius 2 is 1.71 bits per heavy atom. The number of carbonyl (C=O) groups is 2. The number of aromatic nitrogens is 1. The van der Waals surface area contributed by atoms with Gasteiger partial charge in [0, 0.05) is 30.2 Å². The van der Waals surface area contributed by atoms with E-state index in [1.807, 2.05) is 31.3 Å². The summed E-state index contributed by atoms with van der Waals surface area (Å²) < 4.78 is 46.6. The van der Waals surface area contributed by atoms with Crippen LogP contribution in [0.2, 0.25) is 0 Å². The molecule has 2 aromatic carbocycles. The number of amides is 1. The Bertz CT molecular complexity index is 1160. The van der Waals surface area contributed by atoms with Crippen LogP contribution in [0, 0.1) is 5.82 Å². The molecule has 0 bridgehead atoms. The minimum absolute atomic E-state index is 0.0417. The number of hydrogen-bond acceptors (Lipinski definition) is 4. The van der Waals surface area contributed by atoms with Crippen LogP contribution in [0.5, 0.6) is 0 Å². The molecular weight excluding hydrogens is 454 g/mol. The molecule has 0 saturated carbocycles. The second-order valence-electron chi connectivity index (χ2n) is 7.78. The van der Waals surface area contributed by atoms with E-state index in [9.17, 15) is 22.4 Å². The second-order valence-corrected chi connectivity index (χ2v) is 7.78. The summed E-state index contributed by atoms with van der Waals surface area (Å²) in [5.41, 5.74) is 1.50. The number of aliphatic carboxylic acids is 1. The van der Waals surface area contributed by atoms with Gasteiger partial charge in [0.1, 0.15) is 5.82 Å². The van der Waals surface area contributed by atoms with Gasteiger partial charge in [-0.15, -0.1) is 0 Å². The first-order chi connectivity index (χ1) is 16.1. The molecule has 6 nitrogen and oxygen atoms in total. The van der Waals surface area contributed by atoms with E-state index in [2.05, 4.69) is 10.3 Å². The Balaban J connectivity index is 0.000000406. The van der Waals surface area contributed by atoms with Crippen LogP contribution in [0.25, 0.3) is 22.0 Å². The number of nitrogens with one attached hydrogen (secondary N) is 1. The third-order valence-electron chi connectivity index (χ3n) is 5.57. The standard InChI is InChI=1S/C22H22FN3O.C2HF3O2/c1-26(17-10-12-24-13-11-17)22(27)16-7-9-20(25-14-16)19-8-6-15-4-2-3-5-18(15)21(19)23;3-2(4,5)1(6)7/h2-9,14,17,24H,10-13H2,1H3;(H,6,7). The van der Waals surface area contributed by atoms with Gasteiger partial charge in [-0.2, -0.15) is 13.2 Å². The number of pyridine rings is 1. The molecule has 1 saturated heterocycles. The van der Waals surface area contributed by atoms with Crippen molar-refractivity contribution in [1.29, 1.82) is 0 Å². The van der Waals surface area contributed by atoms with E-state index in [0.717, 1.165) is 31.3 Å². The highest BCUT2D eigenvalue weighted by molar-refractivity contribution is 5.94. The number of nitrogens with zero attached hydrogens (tertiary/aromatic N) is 2. The number of alkyl halides is 3. The van der Waals surface area contributed by atoms with E-state index in [4.69, 9.17) is 9.90 Å². The van der Waals surface area contributed by atoms with Gasteiger partial charge in [0.25, 0.3) is 5.91 Å². The molecule has 4 rings (SSSR count). The quantitative estimate of drug-likeness (QED) is 0.543. The second kappa shape index (κ2) is 10.6. The van der Waals surface area contributed by atoms with Crippen LogP contribution in [0.15, 0.2) is 54.7 Å². The zero-order chi connectivity index (χ0) is 24.9. The lowest BCUT2D eigenvalue weighted by molar-refractivity contribution is -0.192. The van der Waals surface area contributed by atoms with Crippen LogP contribution in [0.3, 0.4) is 0 Å². The van der Waals surface area contributed by atoms with Crippen LogP contribution < -0.4 is 5.32 Å². The molecule has 0 atom stereocenters. The molecule has 1 aliphatic heterocycles. The first-order valence-electron chi connectivity index (χ1n) is 10.5. The third kappa shape index (κ3) is 5.88. The highest BCUT2D eigenvalue weighted by atomic mass is 19.4. The summed E-state index contributed by atoms with van der Waals surface area (Å²) in [7, 11) is 1.84. The fourth-order valence-electron chi connectivity index (χ4n) is 3.67. The van der Waals surface area contributed by atoms with E-state index in [1.165, 1.54) is 0 Å². The molecular formula is C24H23F4N3O3. The Labute approximate surface area is 193 Å². The van der Waals surface area contributed by atoms with Crippen molar-refractivity contribution >= 4 is 22.6 Å². The average Bonchev–Trinajstić information content (AvgIpc) is 2.84. The minimum Gasteiger partial charge on any atom is -0.475 e. The highest BCUT2D eigenvalue weighted by Gasteiger charge is 2.38. The normalized spacial score (nSPS) is 14.3. The van der Waals surface area contributed by atoms with Crippen LogP contribution in [0.4, 0.5) is 17.6 Å². The van der Waals surface area contributed by atoms with Crippen molar-refractivity contribution in [2.75, 3.05) is 20.1 Å². The minimum atomic E-state index is -5.08. The molecule has 1 aromatic heterocycles. The Morgan fingerprint density at radius 1 is 1.06 bits per heavy atom. The van der Waals surface area contributed by atoms with E-state index in [-0.39, 0.29) is 17.8 Å². The van der Waals surface area contributed by atoms with Crippen molar-refractivity contribution in [2.24, 2.45) is 0 Å². The first kappa shape index (κ1) is 25.1. The molecule has 1 amide bonds. The topological polar surface area (TPSA) is 82.5 Å². The monoisotopic (exact) mass is 477 g/mol. The maximum Gasteiger partial charge on any atom is 0.490 e. The van der Waals surface area contributed by atoms with Crippen molar-refractivity contribution in [1.82, 2.24) is 15.2 Å². The van der Waals surface area contributed by atoms with Gasteiger partial charge < -0.3 is 15.3 Å². The van der Waals surface area contributed by atoms with E-state index < -0.39 is 12.1 Å². The number of carboxylic acid groups (broad SMARTS) is 1. The molecule has 180 valence electrons. The molecule has 0 radical (unpaired) electrons. The van der Waals surface area contributed by atoms with Gasteiger partial charge in [0.2, 0.25) is 0 Å². The van der Waals surface area contributed by atoms with Crippen molar-refractivity contribution in [2.45, 2.75) is 25.1 Å². The average molecular weight is 477 g/mol. The molecule has 0 spiro atoms. The highest BCUT2D eigenvalue weighted by Crippen LogP contribution is 2.28. The van der Waals surface area contributed by atoms with Crippen LogP contribution in [-0.4, -0.2) is 59.2 Å². The van der Waals surface area contributed by atoms with E-state index in [1.54, 1.807) is 35.4 Å². The van der Waals surface area contributed by atoms with Gasteiger partial charge in [-0.05, 0) is 49.5 Å². The van der Waals surface area contributed by atoms with Crippen molar-refractivity contribution in [3.63, 3.8) is 0 Å². The lowest BCUT2D eigenvalue weighted by atomic mass is 10.0. The number of hydrogen-bond donors (Lipinski definition) is 2. The molecule has 10 heteroatoms. The molecule has 3 aromatic rings. The maximum absolute atomic E-state index is 14.9. The van der Waals surface area contributed by atoms with Gasteiger partial charge in [-0.25, -0.2) is 9.18 Å². The molecule has 1 aliphatic rings. The SMILES string of the molecule is CN(C(=O)c1ccc(-c2ccc3ccccc3c2F)nc1)C1CCNCC1.O=C(O)C(F)(F)F. The number of rotatable bonds is 3. The number of benzene rings is 2. The predicted molar refractivity (Wildman–Crippen MR) is 119 cm³/mol. The molecule has 2 N–H and O–H groups in total. The molecule has 34 heavy (non-hydrogen) atoms. The Hall–Kier alpha value is -3.53. The summed E-state index contributed by atoms with van der Waals surface area (Å²) in [4.78, 5) is 27.8. The molecule has 0 aliphatic carbocycles. The largest absolute Gasteiger partial charge is 0.490 e. The number of fused-ring (bicyclic) bond motifs is 1. The van der Waals surface area contributed by atoms with Crippen molar-refractivity contribution in [3.8, 4) is 11.3 Å². The van der Waals surface area contributed by atoms with Crippen LogP contribution in [-0.2, 0) is 4.79 Å². The first-order valence-corrected chi connectivity index (χ1v) is 10.5. The fourth-order valence-corrected chi connectivity index (χ4v) is 3.67. The Kier molecular flexibility index (Phi) is 7.83. The van der Waals surface area contributed by atoms with E-state index >= 15 is 0 Å². The van der Waals surface area contributed by atoms with Crippen molar-refractivity contribution < 1.29 is 32.3 Å². The Morgan fingerprint density at radius 3 is 2.29 bits per heavy atom. The summed E-state index contributed by atoms with van der Waals surface area (Å²) in [5, 5.41) is 11.9. The summed E-state index contributed by atoms with van der Waals surface area (Å²) in [6.07, 6.45) is -1.63. The van der Waals surface area contributed by atoms with Crippen LogP contribution >= 0.6 is 0 Å². The molecule has 2 heterocycles. The van der Waals surface area contributed by atoms with Gasteiger partial charge in [0.05, 0.1) is 11.3 Å². The third-order valence-corrected chi connectivity index (χ3v) is 5.57. The number of halogens is 4. The fraction of sp³-hybridized carbons (Fsp3) is 0.292. The number of carboxylic acids is 1. The maximum atomic E-state index is 14.9. The molecule has 0 unspecified atom stereocenters. The zero-order valence-electron chi connectivity index (χ0n) is 18.3. The van der Waals surface area contributed by atoms with E-state index in [0.29, 0.717) is 22.2 Å². The van der Waals surface area contributed by atoms with Gasteiger partial charge in [-0.1, -0.05) is 30.3 Å². The smallest absolute Gasteiger partial charge is 0.475 e. The van der Waals surface area contributed by atoms with Gasteiger partial charge in [-0.3, -0.25) is 9.78 Å². The summed E-state index contributed by atoms with van der Waals surface area (Å²) in [6, 6.07) is 14.7. The number of carbonyl (C=O) groups excluding carboxylic acids is 1. The molecule has 1 fully saturated rings. The predicted octanol–water partition coefficient (Wildman–Crippen LogP) is 4.50. The zero-order valence-corrected chi connectivity index (χ0v) is 18.3. The van der Waals surface area contributed by atoms with Crippen LogP contribution in [0.1, 0.15) is 23.2 Å². The lowest BCUT2D eigenvalue weighted by Crippen LogP contribution is -2.43. The van der Waals surface area contributed by atoms with Crippen molar-refractivity contribution in [3.05, 3.63) is 66.1 Å². The summed E-state index contributed by atoms with van der Waals surface area (Å²) in [5.74, 6) is -3.08. The lowest BCUT2D eigenvalue weighted by Gasteiger charge is -2.31. The summed E-state index contributed by atoms with van der Waals surface area (Å²) in [6.45, 7) is 1.86. The van der Waals surface area contributed by atoms with Gasteiger partial charge in [0.15, 0.2) is 0 Å².